The van der Waals surface area contributed by atoms with Crippen molar-refractivity contribution in [2.45, 2.75) is 38.4 Å². The summed E-state index contributed by atoms with van der Waals surface area (Å²) >= 11 is 5.94. The number of aromatic nitrogens is 2. The van der Waals surface area contributed by atoms with E-state index in [0.29, 0.717) is 25.9 Å². The van der Waals surface area contributed by atoms with Crippen molar-refractivity contribution in [3.63, 3.8) is 0 Å². The van der Waals surface area contributed by atoms with Crippen molar-refractivity contribution in [1.82, 2.24) is 15.3 Å². The summed E-state index contributed by atoms with van der Waals surface area (Å²) in [6, 6.07) is 5.01. The summed E-state index contributed by atoms with van der Waals surface area (Å²) in [5, 5.41) is 3.03. The monoisotopic (exact) mass is 430 g/mol. The Morgan fingerprint density at radius 3 is 2.59 bits per heavy atom. The summed E-state index contributed by atoms with van der Waals surface area (Å²) in [4.78, 5) is 21.5. The number of carbonyl (C=O) groups excluding carboxylic acids is 1. The van der Waals surface area contributed by atoms with Crippen LogP contribution < -0.4 is 10.2 Å². The average molecular weight is 431 g/mol. The second-order valence-electron chi connectivity index (χ2n) is 6.86. The number of piperidine rings is 1. The van der Waals surface area contributed by atoms with Crippen molar-refractivity contribution < 1.29 is 22.4 Å². The second-order valence-corrected chi connectivity index (χ2v) is 7.27. The third-order valence-corrected chi connectivity index (χ3v) is 5.05. The van der Waals surface area contributed by atoms with E-state index in [0.717, 1.165) is 6.07 Å². The maximum absolute atomic E-state index is 13.8. The number of rotatable bonds is 4. The average Bonchev–Trinajstić information content (AvgIpc) is 2.64. The molecule has 0 atom stereocenters. The first-order valence-corrected chi connectivity index (χ1v) is 9.41. The minimum absolute atomic E-state index is 0.0482. The first kappa shape index (κ1) is 21.3. The smallest absolute Gasteiger partial charge is 0.356 e. The number of benzene rings is 1. The van der Waals surface area contributed by atoms with Crippen molar-refractivity contribution in [2.24, 2.45) is 0 Å². The molecule has 5 nitrogen and oxygen atoms in total. The number of nitrogens with zero attached hydrogens (tertiary/aromatic N) is 3. The van der Waals surface area contributed by atoms with Gasteiger partial charge in [-0.05, 0) is 31.9 Å². The Kier molecular flexibility index (Phi) is 6.26. The van der Waals surface area contributed by atoms with Crippen LogP contribution in [0.5, 0.6) is 0 Å². The maximum atomic E-state index is 13.8. The van der Waals surface area contributed by atoms with E-state index in [1.165, 1.54) is 25.1 Å². The van der Waals surface area contributed by atoms with Crippen LogP contribution in [0.3, 0.4) is 0 Å². The topological polar surface area (TPSA) is 58.1 Å². The van der Waals surface area contributed by atoms with Gasteiger partial charge in [0.25, 0.3) is 0 Å². The van der Waals surface area contributed by atoms with E-state index in [-0.39, 0.29) is 40.6 Å². The SMILES string of the molecule is Cc1nc(N2CCC(NC(=O)Cc3c(F)cccc3Cl)CC2)cc(C(F)(F)F)n1. The molecule has 0 bridgehead atoms. The lowest BCUT2D eigenvalue weighted by molar-refractivity contribution is -0.141. The third-order valence-electron chi connectivity index (χ3n) is 4.70. The van der Waals surface area contributed by atoms with Gasteiger partial charge in [0.1, 0.15) is 23.2 Å². The van der Waals surface area contributed by atoms with Gasteiger partial charge in [0, 0.05) is 35.8 Å². The molecule has 2 heterocycles. The highest BCUT2D eigenvalue weighted by molar-refractivity contribution is 6.31. The fourth-order valence-electron chi connectivity index (χ4n) is 3.25. The van der Waals surface area contributed by atoms with E-state index in [9.17, 15) is 22.4 Å². The predicted molar refractivity (Wildman–Crippen MR) is 100 cm³/mol. The molecule has 1 amide bonds. The number of nitrogens with one attached hydrogen (secondary N) is 1. The Morgan fingerprint density at radius 1 is 1.28 bits per heavy atom. The number of hydrogen-bond acceptors (Lipinski definition) is 4. The van der Waals surface area contributed by atoms with Gasteiger partial charge in [0.2, 0.25) is 5.91 Å². The zero-order valence-electron chi connectivity index (χ0n) is 15.6. The summed E-state index contributed by atoms with van der Waals surface area (Å²) in [6.07, 6.45) is -3.66. The summed E-state index contributed by atoms with van der Waals surface area (Å²) < 4.78 is 52.7. The van der Waals surface area contributed by atoms with Gasteiger partial charge in [-0.25, -0.2) is 14.4 Å². The van der Waals surface area contributed by atoms with E-state index in [1.54, 1.807) is 4.90 Å². The highest BCUT2D eigenvalue weighted by Gasteiger charge is 2.34. The molecule has 0 unspecified atom stereocenters. The van der Waals surface area contributed by atoms with Gasteiger partial charge in [0.05, 0.1) is 6.42 Å². The Labute approximate surface area is 170 Å². The fourth-order valence-corrected chi connectivity index (χ4v) is 3.48. The lowest BCUT2D eigenvalue weighted by Crippen LogP contribution is -2.45. The molecule has 1 saturated heterocycles. The fraction of sp³-hybridized carbons (Fsp3) is 0.421. The second kappa shape index (κ2) is 8.52. The molecule has 1 fully saturated rings. The predicted octanol–water partition coefficient (Wildman–Crippen LogP) is 3.92. The summed E-state index contributed by atoms with van der Waals surface area (Å²) in [6.45, 7) is 2.28. The largest absolute Gasteiger partial charge is 0.433 e. The van der Waals surface area contributed by atoms with E-state index < -0.39 is 17.7 Å². The molecule has 1 N–H and O–H groups in total. The zero-order chi connectivity index (χ0) is 21.2. The summed E-state index contributed by atoms with van der Waals surface area (Å²) in [5.74, 6) is -0.630. The Morgan fingerprint density at radius 2 is 1.97 bits per heavy atom. The molecule has 1 aliphatic heterocycles. The highest BCUT2D eigenvalue weighted by Crippen LogP contribution is 2.30. The van der Waals surface area contributed by atoms with E-state index in [1.807, 2.05) is 0 Å². The number of hydrogen-bond donors (Lipinski definition) is 1. The first-order valence-electron chi connectivity index (χ1n) is 9.03. The minimum Gasteiger partial charge on any atom is -0.356 e. The molecular weight excluding hydrogens is 412 g/mol. The molecule has 0 spiro atoms. The van der Waals surface area contributed by atoms with Crippen LogP contribution in [-0.4, -0.2) is 35.0 Å². The van der Waals surface area contributed by atoms with E-state index in [4.69, 9.17) is 11.6 Å². The van der Waals surface area contributed by atoms with Crippen LogP contribution in [0.15, 0.2) is 24.3 Å². The van der Waals surface area contributed by atoms with Gasteiger partial charge in [-0.15, -0.1) is 0 Å². The zero-order valence-corrected chi connectivity index (χ0v) is 16.3. The van der Waals surface area contributed by atoms with Crippen molar-refractivity contribution in [3.8, 4) is 0 Å². The minimum atomic E-state index is -4.54. The van der Waals surface area contributed by atoms with Crippen LogP contribution in [0.2, 0.25) is 5.02 Å². The lowest BCUT2D eigenvalue weighted by atomic mass is 10.0. The first-order chi connectivity index (χ1) is 13.6. The molecular formula is C19H19ClF4N4O. The molecule has 0 saturated carbocycles. The van der Waals surface area contributed by atoms with Crippen LogP contribution in [0.4, 0.5) is 23.4 Å². The molecule has 1 aromatic heterocycles. The molecule has 10 heteroatoms. The Bertz CT molecular complexity index is 878. The van der Waals surface area contributed by atoms with Gasteiger partial charge in [-0.3, -0.25) is 4.79 Å². The Balaban J connectivity index is 1.58. The number of alkyl halides is 3. The number of anilines is 1. The number of aryl methyl sites for hydroxylation is 1. The van der Waals surface area contributed by atoms with E-state index >= 15 is 0 Å². The summed E-state index contributed by atoms with van der Waals surface area (Å²) in [5.41, 5.74) is -0.836. The van der Waals surface area contributed by atoms with Crippen LogP contribution in [0.25, 0.3) is 0 Å². The van der Waals surface area contributed by atoms with Crippen molar-refractivity contribution in [1.29, 1.82) is 0 Å². The number of carbonyl (C=O) groups is 1. The Hall–Kier alpha value is -2.42. The molecule has 1 aliphatic rings. The van der Waals surface area contributed by atoms with Gasteiger partial charge in [-0.1, -0.05) is 17.7 Å². The van der Waals surface area contributed by atoms with Crippen LogP contribution in [0.1, 0.15) is 29.9 Å². The van der Waals surface area contributed by atoms with E-state index in [2.05, 4.69) is 15.3 Å². The van der Waals surface area contributed by atoms with Crippen molar-refractivity contribution >= 4 is 23.3 Å². The van der Waals surface area contributed by atoms with Crippen molar-refractivity contribution in [3.05, 3.63) is 52.2 Å². The van der Waals surface area contributed by atoms with Gasteiger partial charge in [0.15, 0.2) is 0 Å². The van der Waals surface area contributed by atoms with Gasteiger partial charge in [-0.2, -0.15) is 13.2 Å². The normalized spacial score (nSPS) is 15.4. The van der Waals surface area contributed by atoms with Crippen LogP contribution in [-0.2, 0) is 17.4 Å². The molecule has 3 rings (SSSR count). The molecule has 2 aromatic rings. The highest BCUT2D eigenvalue weighted by atomic mass is 35.5. The molecule has 1 aromatic carbocycles. The quantitative estimate of drug-likeness (QED) is 0.747. The summed E-state index contributed by atoms with van der Waals surface area (Å²) in [7, 11) is 0. The molecule has 0 radical (unpaired) electrons. The maximum Gasteiger partial charge on any atom is 0.433 e. The third kappa shape index (κ3) is 5.35. The van der Waals surface area contributed by atoms with Gasteiger partial charge < -0.3 is 10.2 Å². The molecule has 156 valence electrons. The van der Waals surface area contributed by atoms with Crippen molar-refractivity contribution in [2.75, 3.05) is 18.0 Å². The molecule has 0 aliphatic carbocycles. The number of amides is 1. The van der Waals surface area contributed by atoms with Crippen LogP contribution >= 0.6 is 11.6 Å². The molecule has 29 heavy (non-hydrogen) atoms. The van der Waals surface area contributed by atoms with Crippen LogP contribution in [0, 0.1) is 12.7 Å². The lowest BCUT2D eigenvalue weighted by Gasteiger charge is -2.33. The standard InChI is InChI=1S/C19H19ClF4N4O/c1-11-25-16(19(22,23)24)10-17(26-11)28-7-5-12(6-8-28)27-18(29)9-13-14(20)3-2-4-15(13)21/h2-4,10,12H,5-9H2,1H3,(H,27,29). The van der Waals surface area contributed by atoms with Gasteiger partial charge >= 0.3 is 6.18 Å². The number of halogens is 5.